The van der Waals surface area contributed by atoms with Gasteiger partial charge in [-0.25, -0.2) is 9.18 Å². The lowest BCUT2D eigenvalue weighted by molar-refractivity contribution is 0.549. The Balaban J connectivity index is 1.76. The Morgan fingerprint density at radius 1 is 0.966 bits per heavy atom. The lowest BCUT2D eigenvalue weighted by Gasteiger charge is -2.29. The van der Waals surface area contributed by atoms with E-state index in [9.17, 15) is 9.18 Å². The number of nitrogens with one attached hydrogen (secondary N) is 2. The third kappa shape index (κ3) is 2.26. The molecule has 0 fully saturated rings. The number of para-hydroxylation sites is 1. The molecule has 0 saturated heterocycles. The summed E-state index contributed by atoms with van der Waals surface area (Å²) in [6, 6.07) is 17.6. The highest BCUT2D eigenvalue weighted by Gasteiger charge is 2.34. The molecular formula is C23H14FN3O2. The molecule has 3 heterocycles. The van der Waals surface area contributed by atoms with Crippen LogP contribution in [-0.4, -0.2) is 10.2 Å². The normalized spacial score (nSPS) is 15.1. The second-order valence-corrected chi connectivity index (χ2v) is 7.14. The van der Waals surface area contributed by atoms with Crippen LogP contribution in [0.4, 0.5) is 15.8 Å². The Kier molecular flexibility index (Phi) is 3.20. The lowest BCUT2D eigenvalue weighted by atomic mass is 9.80. The minimum Gasteiger partial charge on any atom is -0.422 e. The first-order chi connectivity index (χ1) is 14.2. The number of H-pyrrole nitrogens is 1. The molecule has 1 atom stereocenters. The van der Waals surface area contributed by atoms with Crippen LogP contribution >= 0.6 is 0 Å². The molecule has 0 saturated carbocycles. The molecule has 2 aromatic heterocycles. The minimum atomic E-state index is -0.424. The number of rotatable bonds is 1. The van der Waals surface area contributed by atoms with E-state index >= 15 is 0 Å². The van der Waals surface area contributed by atoms with Crippen molar-refractivity contribution in [3.05, 3.63) is 99.8 Å². The van der Waals surface area contributed by atoms with E-state index in [1.807, 2.05) is 30.3 Å². The van der Waals surface area contributed by atoms with Crippen molar-refractivity contribution in [1.82, 2.24) is 10.2 Å². The molecule has 0 aliphatic carbocycles. The molecule has 1 aliphatic heterocycles. The third-order valence-electron chi connectivity index (χ3n) is 5.55. The lowest BCUT2D eigenvalue weighted by Crippen LogP contribution is -2.22. The van der Waals surface area contributed by atoms with E-state index in [0.29, 0.717) is 11.1 Å². The number of fused-ring (bicyclic) bond motifs is 6. The smallest absolute Gasteiger partial charge is 0.342 e. The van der Waals surface area contributed by atoms with Gasteiger partial charge in [-0.05, 0) is 42.0 Å². The summed E-state index contributed by atoms with van der Waals surface area (Å²) < 4.78 is 19.3. The molecule has 5 aromatic rings. The van der Waals surface area contributed by atoms with E-state index in [1.165, 1.54) is 12.1 Å². The Morgan fingerprint density at radius 2 is 1.79 bits per heavy atom. The Hall–Kier alpha value is -3.93. The number of aromatic amines is 1. The topological polar surface area (TPSA) is 70.9 Å². The summed E-state index contributed by atoms with van der Waals surface area (Å²) in [5.41, 5.74) is 4.74. The van der Waals surface area contributed by atoms with Gasteiger partial charge in [0.1, 0.15) is 11.4 Å². The van der Waals surface area contributed by atoms with Crippen LogP contribution in [0.3, 0.4) is 0 Å². The minimum absolute atomic E-state index is 0.326. The Bertz CT molecular complexity index is 1470. The van der Waals surface area contributed by atoms with Gasteiger partial charge in [0, 0.05) is 27.9 Å². The van der Waals surface area contributed by atoms with Crippen molar-refractivity contribution in [3.8, 4) is 0 Å². The van der Waals surface area contributed by atoms with Gasteiger partial charge in [0.15, 0.2) is 0 Å². The number of benzene rings is 3. The average molecular weight is 383 g/mol. The molecule has 5 nitrogen and oxygen atoms in total. The molecule has 0 bridgehead atoms. The molecule has 140 valence electrons. The molecule has 6 rings (SSSR count). The fourth-order valence-corrected chi connectivity index (χ4v) is 4.27. The number of hydrogen-bond acceptors (Lipinski definition) is 4. The number of anilines is 2. The molecule has 29 heavy (non-hydrogen) atoms. The van der Waals surface area contributed by atoms with Crippen LogP contribution in [0, 0.1) is 5.82 Å². The van der Waals surface area contributed by atoms with Crippen LogP contribution < -0.4 is 10.9 Å². The summed E-state index contributed by atoms with van der Waals surface area (Å²) in [6.07, 6.45) is 1.75. The van der Waals surface area contributed by atoms with Gasteiger partial charge in [-0.15, -0.1) is 0 Å². The zero-order valence-corrected chi connectivity index (χ0v) is 15.1. The van der Waals surface area contributed by atoms with E-state index in [1.54, 1.807) is 24.4 Å². The second kappa shape index (κ2) is 5.78. The van der Waals surface area contributed by atoms with Crippen LogP contribution in [0.15, 0.2) is 76.1 Å². The van der Waals surface area contributed by atoms with Gasteiger partial charge in [0.25, 0.3) is 0 Å². The first kappa shape index (κ1) is 16.1. The van der Waals surface area contributed by atoms with Crippen LogP contribution in [0.2, 0.25) is 0 Å². The highest BCUT2D eigenvalue weighted by molar-refractivity contribution is 5.99. The quantitative estimate of drug-likeness (QED) is 0.390. The molecular weight excluding hydrogens is 369 g/mol. The Labute approximate surface area is 163 Å². The zero-order valence-electron chi connectivity index (χ0n) is 15.1. The van der Waals surface area contributed by atoms with E-state index in [-0.39, 0.29) is 5.82 Å². The summed E-state index contributed by atoms with van der Waals surface area (Å²) in [5.74, 6) is -0.750. The van der Waals surface area contributed by atoms with Crippen LogP contribution in [0.1, 0.15) is 22.6 Å². The van der Waals surface area contributed by atoms with Gasteiger partial charge in [-0.2, -0.15) is 5.10 Å². The highest BCUT2D eigenvalue weighted by atomic mass is 19.1. The Morgan fingerprint density at radius 3 is 2.66 bits per heavy atom. The van der Waals surface area contributed by atoms with Crippen molar-refractivity contribution in [2.75, 3.05) is 5.32 Å². The van der Waals surface area contributed by atoms with Gasteiger partial charge >= 0.3 is 5.63 Å². The van der Waals surface area contributed by atoms with Crippen LogP contribution in [0.25, 0.3) is 21.9 Å². The number of halogens is 1. The summed E-state index contributed by atoms with van der Waals surface area (Å²) in [7, 11) is 0. The van der Waals surface area contributed by atoms with Crippen molar-refractivity contribution >= 4 is 33.2 Å². The summed E-state index contributed by atoms with van der Waals surface area (Å²) in [6.45, 7) is 0. The number of aromatic nitrogens is 2. The fraction of sp³-hybridized carbons (Fsp3) is 0.0435. The predicted octanol–water partition coefficient (Wildman–Crippen LogP) is 5.05. The molecule has 3 aromatic carbocycles. The average Bonchev–Trinajstić information content (AvgIpc) is 3.22. The number of nitrogens with zero attached hydrogens (tertiary/aromatic N) is 1. The largest absolute Gasteiger partial charge is 0.422 e. The maximum atomic E-state index is 13.6. The molecule has 1 aliphatic rings. The molecule has 6 heteroatoms. The second-order valence-electron chi connectivity index (χ2n) is 7.14. The maximum absolute atomic E-state index is 13.6. The van der Waals surface area contributed by atoms with Crippen LogP contribution in [0.5, 0.6) is 0 Å². The molecule has 0 spiro atoms. The van der Waals surface area contributed by atoms with Crippen molar-refractivity contribution in [1.29, 1.82) is 0 Å². The van der Waals surface area contributed by atoms with Gasteiger partial charge in [-0.1, -0.05) is 24.3 Å². The standard InChI is InChI=1S/C23H14FN3O2/c24-14-8-5-12(6-9-14)18-19-16(10-7-13-11-25-27-21(13)19)26-22-15-3-1-2-4-17(15)29-23(28)20(18)22/h1-11,18,26H,(H,25,27). The SMILES string of the molecule is O=c1oc2ccccc2c2c1C(c1ccc(F)cc1)c1c(ccc3cn[nH]c13)N2. The van der Waals surface area contributed by atoms with Gasteiger partial charge in [-0.3, -0.25) is 5.10 Å². The summed E-state index contributed by atoms with van der Waals surface area (Å²) >= 11 is 0. The van der Waals surface area contributed by atoms with Gasteiger partial charge in [0.2, 0.25) is 0 Å². The van der Waals surface area contributed by atoms with E-state index < -0.39 is 11.5 Å². The van der Waals surface area contributed by atoms with E-state index in [2.05, 4.69) is 15.5 Å². The molecule has 1 unspecified atom stereocenters. The van der Waals surface area contributed by atoms with Crippen LogP contribution in [-0.2, 0) is 0 Å². The van der Waals surface area contributed by atoms with Crippen molar-refractivity contribution in [2.45, 2.75) is 5.92 Å². The first-order valence-corrected chi connectivity index (χ1v) is 9.25. The predicted molar refractivity (Wildman–Crippen MR) is 109 cm³/mol. The fourth-order valence-electron chi connectivity index (χ4n) is 4.27. The van der Waals surface area contributed by atoms with Crippen molar-refractivity contribution in [3.63, 3.8) is 0 Å². The molecule has 2 N–H and O–H groups in total. The van der Waals surface area contributed by atoms with Gasteiger partial charge < -0.3 is 9.73 Å². The zero-order chi connectivity index (χ0) is 19.5. The maximum Gasteiger partial charge on any atom is 0.342 e. The summed E-state index contributed by atoms with van der Waals surface area (Å²) in [4.78, 5) is 13.1. The first-order valence-electron chi connectivity index (χ1n) is 9.25. The van der Waals surface area contributed by atoms with Crippen molar-refractivity contribution in [2.24, 2.45) is 0 Å². The monoisotopic (exact) mass is 383 g/mol. The van der Waals surface area contributed by atoms with Gasteiger partial charge in [0.05, 0.1) is 23.0 Å². The van der Waals surface area contributed by atoms with E-state index in [0.717, 1.165) is 38.8 Å². The highest BCUT2D eigenvalue weighted by Crippen LogP contribution is 2.47. The third-order valence-corrected chi connectivity index (χ3v) is 5.55. The number of hydrogen-bond donors (Lipinski definition) is 2. The van der Waals surface area contributed by atoms with Crippen molar-refractivity contribution < 1.29 is 8.81 Å². The molecule has 0 amide bonds. The molecule has 0 radical (unpaired) electrons. The summed E-state index contributed by atoms with van der Waals surface area (Å²) in [5, 5.41) is 12.4. The van der Waals surface area contributed by atoms with E-state index in [4.69, 9.17) is 4.42 Å².